The van der Waals surface area contributed by atoms with Crippen LogP contribution in [0.2, 0.25) is 0 Å². The molecule has 30 heavy (non-hydrogen) atoms. The minimum absolute atomic E-state index is 0.0138. The Balaban J connectivity index is 1.21. The first-order valence-electron chi connectivity index (χ1n) is 11.8. The molecule has 4 aliphatic rings. The van der Waals surface area contributed by atoms with E-state index < -0.39 is 0 Å². The van der Waals surface area contributed by atoms with E-state index in [-0.39, 0.29) is 18.1 Å². The maximum Gasteiger partial charge on any atom is 0.258 e. The molecule has 5 rings (SSSR count). The number of hydrogen-bond acceptors (Lipinski definition) is 3. The van der Waals surface area contributed by atoms with Crippen LogP contribution in [0.5, 0.6) is 5.75 Å². The van der Waals surface area contributed by atoms with Crippen LogP contribution in [0.25, 0.3) is 0 Å². The second kappa shape index (κ2) is 9.82. The smallest absolute Gasteiger partial charge is 0.258 e. The molecule has 4 saturated carbocycles. The quantitative estimate of drug-likeness (QED) is 0.691. The Morgan fingerprint density at radius 2 is 1.33 bits per heavy atom. The van der Waals surface area contributed by atoms with Gasteiger partial charge in [-0.25, -0.2) is 0 Å². The zero-order chi connectivity index (χ0) is 20.7. The van der Waals surface area contributed by atoms with E-state index in [9.17, 15) is 4.79 Å². The summed E-state index contributed by atoms with van der Waals surface area (Å²) in [6.45, 7) is 0.0639. The molecule has 1 aromatic rings. The molecule has 2 N–H and O–H groups in total. The molecule has 0 aliphatic heterocycles. The molecule has 0 unspecified atom stereocenters. The first kappa shape index (κ1) is 21.2. The Hall–Kier alpha value is -2.07. The third kappa shape index (κ3) is 5.54. The summed E-state index contributed by atoms with van der Waals surface area (Å²) in [6.07, 6.45) is 14.2. The summed E-state index contributed by atoms with van der Waals surface area (Å²) in [5, 5.41) is 7.22. The zero-order valence-electron chi connectivity index (χ0n) is 18.1. The molecule has 4 nitrogen and oxygen atoms in total. The Labute approximate surface area is 181 Å². The number of rotatable bonds is 6. The highest BCUT2D eigenvalue weighted by atomic mass is 16.5. The summed E-state index contributed by atoms with van der Waals surface area (Å²) >= 11 is 0. The number of amides is 1. The predicted molar refractivity (Wildman–Crippen MR) is 121 cm³/mol. The maximum absolute atomic E-state index is 12.5. The fourth-order valence-corrected chi connectivity index (χ4v) is 5.54. The van der Waals surface area contributed by atoms with Crippen molar-refractivity contribution in [1.29, 1.82) is 0 Å². The van der Waals surface area contributed by atoms with E-state index in [0.29, 0.717) is 17.3 Å². The highest BCUT2D eigenvalue weighted by molar-refractivity contribution is 5.79. The van der Waals surface area contributed by atoms with Crippen LogP contribution in [0, 0.1) is 0 Å². The van der Waals surface area contributed by atoms with Crippen molar-refractivity contribution < 1.29 is 9.53 Å². The third-order valence-electron chi connectivity index (χ3n) is 6.86. The van der Waals surface area contributed by atoms with Crippen molar-refractivity contribution in [2.24, 2.45) is 0 Å². The Morgan fingerprint density at radius 1 is 0.800 bits per heavy atom. The van der Waals surface area contributed by atoms with Crippen LogP contribution in [0.4, 0.5) is 0 Å². The molecule has 2 bridgehead atoms. The third-order valence-corrected chi connectivity index (χ3v) is 6.86. The van der Waals surface area contributed by atoms with Crippen LogP contribution in [-0.4, -0.2) is 29.6 Å². The lowest BCUT2D eigenvalue weighted by atomic mass is 9.44. The highest BCUT2D eigenvalue weighted by Crippen LogP contribution is 2.60. The van der Waals surface area contributed by atoms with Crippen molar-refractivity contribution in [3.05, 3.63) is 54.6 Å². The van der Waals surface area contributed by atoms with Gasteiger partial charge in [-0.05, 0) is 44.2 Å². The van der Waals surface area contributed by atoms with Gasteiger partial charge in [0.2, 0.25) is 0 Å². The van der Waals surface area contributed by atoms with Gasteiger partial charge < -0.3 is 15.4 Å². The molecular formula is C26H36N2O2. The van der Waals surface area contributed by atoms with E-state index in [1.807, 2.05) is 54.6 Å². The van der Waals surface area contributed by atoms with Gasteiger partial charge in [-0.3, -0.25) is 4.79 Å². The van der Waals surface area contributed by atoms with E-state index in [1.54, 1.807) is 0 Å². The van der Waals surface area contributed by atoms with Gasteiger partial charge in [0.25, 0.3) is 5.91 Å². The van der Waals surface area contributed by atoms with Gasteiger partial charge in [0.1, 0.15) is 5.75 Å². The van der Waals surface area contributed by atoms with Crippen LogP contribution in [0.15, 0.2) is 54.6 Å². The maximum atomic E-state index is 12.5. The molecule has 0 spiro atoms. The first-order chi connectivity index (χ1) is 14.7. The lowest BCUT2D eigenvalue weighted by molar-refractivity contribution is -0.145. The summed E-state index contributed by atoms with van der Waals surface area (Å²) in [6, 6.07) is 18.0. The number of carbonyl (C=O) groups is 1. The van der Waals surface area contributed by atoms with Gasteiger partial charge in [-0.15, -0.1) is 0 Å². The molecule has 0 radical (unpaired) electrons. The van der Waals surface area contributed by atoms with Crippen LogP contribution < -0.4 is 15.4 Å². The normalized spacial score (nSPS) is 28.4. The summed E-state index contributed by atoms with van der Waals surface area (Å²) in [4.78, 5) is 12.5. The average Bonchev–Trinajstić information content (AvgIpc) is 2.82. The standard InChI is InChI=1S/C26H36N2O2/c29-24(18-30-23-16-12-8-2-1-3-9-13-17-23)28-26-19-25(20-26,21-26)27-22-14-10-6-4-5-7-11-15-22/h1-3,8-9,12-13,16-17,22,27H,4-7,10-11,14-15,18-21H2,(H,28,29). The number of carbonyl (C=O) groups excluding carboxylic acids is 1. The fraction of sp³-hybridized carbons (Fsp3) is 0.577. The van der Waals surface area contributed by atoms with Crippen LogP contribution in [0.1, 0.15) is 70.6 Å². The minimum atomic E-state index is -0.0171. The van der Waals surface area contributed by atoms with E-state index in [1.165, 1.54) is 51.4 Å². The van der Waals surface area contributed by atoms with Gasteiger partial charge in [0, 0.05) is 17.1 Å². The molecule has 4 aliphatic carbocycles. The molecular weight excluding hydrogens is 372 g/mol. The molecule has 0 aromatic heterocycles. The van der Waals surface area contributed by atoms with E-state index in [2.05, 4.69) is 10.6 Å². The molecule has 1 aromatic carbocycles. The minimum Gasteiger partial charge on any atom is -0.484 e. The number of hydrogen-bond donors (Lipinski definition) is 2. The largest absolute Gasteiger partial charge is 0.484 e. The molecule has 0 saturated heterocycles. The summed E-state index contributed by atoms with van der Waals surface area (Å²) in [5.74, 6) is 0.675. The lowest BCUT2D eigenvalue weighted by Gasteiger charge is -2.71. The summed E-state index contributed by atoms with van der Waals surface area (Å²) in [7, 11) is 0. The van der Waals surface area contributed by atoms with Gasteiger partial charge in [-0.2, -0.15) is 0 Å². The van der Waals surface area contributed by atoms with Gasteiger partial charge >= 0.3 is 0 Å². The zero-order valence-corrected chi connectivity index (χ0v) is 18.1. The number of ether oxygens (including phenoxy) is 1. The predicted octanol–water partition coefficient (Wildman–Crippen LogP) is 5.07. The van der Waals surface area contributed by atoms with Crippen LogP contribution in [-0.2, 0) is 4.79 Å². The Kier molecular flexibility index (Phi) is 6.93. The second-order valence-electron chi connectivity index (χ2n) is 9.55. The molecule has 4 fully saturated rings. The van der Waals surface area contributed by atoms with Crippen molar-refractivity contribution >= 4 is 5.91 Å². The topological polar surface area (TPSA) is 50.4 Å². The van der Waals surface area contributed by atoms with Gasteiger partial charge in [-0.1, -0.05) is 81.0 Å². The molecule has 0 atom stereocenters. The Bertz CT molecular complexity index is 722. The van der Waals surface area contributed by atoms with Crippen molar-refractivity contribution in [1.82, 2.24) is 10.6 Å². The second-order valence-corrected chi connectivity index (χ2v) is 9.55. The summed E-state index contributed by atoms with van der Waals surface area (Å²) < 4.78 is 5.73. The van der Waals surface area contributed by atoms with Crippen molar-refractivity contribution in [2.45, 2.75) is 87.7 Å². The Morgan fingerprint density at radius 3 is 1.93 bits per heavy atom. The van der Waals surface area contributed by atoms with Gasteiger partial charge in [0.15, 0.2) is 6.61 Å². The van der Waals surface area contributed by atoms with Gasteiger partial charge in [0.05, 0.1) is 0 Å². The number of nitrogens with one attached hydrogen (secondary N) is 2. The van der Waals surface area contributed by atoms with Crippen LogP contribution in [0.3, 0.4) is 0 Å². The van der Waals surface area contributed by atoms with E-state index >= 15 is 0 Å². The fourth-order valence-electron chi connectivity index (χ4n) is 5.54. The molecule has 4 heteroatoms. The highest BCUT2D eigenvalue weighted by Gasteiger charge is 2.68. The summed E-state index contributed by atoms with van der Waals surface area (Å²) in [5.41, 5.74) is 0.305. The lowest BCUT2D eigenvalue weighted by Crippen LogP contribution is -2.84. The molecule has 0 heterocycles. The SMILES string of the molecule is O=C(COc1ccccccccc1)NC12CC(NC3CCCCCCCC3)(C1)C2. The van der Waals surface area contributed by atoms with E-state index in [0.717, 1.165) is 19.3 Å². The van der Waals surface area contributed by atoms with Crippen molar-refractivity contribution in [3.63, 3.8) is 0 Å². The van der Waals surface area contributed by atoms with Crippen molar-refractivity contribution in [3.8, 4) is 5.75 Å². The monoisotopic (exact) mass is 408 g/mol. The van der Waals surface area contributed by atoms with E-state index in [4.69, 9.17) is 4.74 Å². The average molecular weight is 409 g/mol. The first-order valence-corrected chi connectivity index (χ1v) is 11.8. The molecule has 162 valence electrons. The van der Waals surface area contributed by atoms with Crippen LogP contribution >= 0.6 is 0 Å². The van der Waals surface area contributed by atoms with Crippen molar-refractivity contribution in [2.75, 3.05) is 6.61 Å². The molecule has 1 amide bonds.